The zero-order valence-electron chi connectivity index (χ0n) is 14.8. The zero-order chi connectivity index (χ0) is 16.6. The summed E-state index contributed by atoms with van der Waals surface area (Å²) in [6.45, 7) is 4.02. The number of hydrogen-bond acceptors (Lipinski definition) is 1. The number of benzene rings is 1. The predicted octanol–water partition coefficient (Wildman–Crippen LogP) is 2.50. The van der Waals surface area contributed by atoms with Crippen LogP contribution in [0.15, 0.2) is 30.3 Å². The zero-order valence-corrected chi connectivity index (χ0v) is 14.8. The smallest absolute Gasteiger partial charge is 0.317 e. The number of nitrogens with zero attached hydrogens (tertiary/aromatic N) is 1. The Morgan fingerprint density at radius 1 is 1.04 bits per heavy atom. The summed E-state index contributed by atoms with van der Waals surface area (Å²) >= 11 is 0. The van der Waals surface area contributed by atoms with Crippen LogP contribution in [0.1, 0.15) is 50.5 Å². The minimum absolute atomic E-state index is 0.139. The molecule has 24 heavy (non-hydrogen) atoms. The fourth-order valence-electron chi connectivity index (χ4n) is 4.03. The molecule has 3 N–H and O–H groups in total. The lowest BCUT2D eigenvalue weighted by molar-refractivity contribution is -0.664. The summed E-state index contributed by atoms with van der Waals surface area (Å²) in [6.07, 6.45) is 8.56. The van der Waals surface area contributed by atoms with E-state index in [2.05, 4.69) is 39.8 Å². The van der Waals surface area contributed by atoms with Crippen LogP contribution in [0.5, 0.6) is 0 Å². The molecule has 0 radical (unpaired) electrons. The third-order valence-electron chi connectivity index (χ3n) is 5.47. The normalized spacial score (nSPS) is 19.8. The molecule has 1 aromatic rings. The fraction of sp³-hybridized carbons (Fsp3) is 0.650. The molecule has 0 atom stereocenters. The van der Waals surface area contributed by atoms with E-state index in [1.165, 1.54) is 50.8 Å². The van der Waals surface area contributed by atoms with Gasteiger partial charge >= 0.3 is 6.03 Å². The molecule has 3 rings (SSSR count). The Kier molecular flexibility index (Phi) is 6.53. The summed E-state index contributed by atoms with van der Waals surface area (Å²) in [5.41, 5.74) is 1.22. The Morgan fingerprint density at radius 3 is 2.46 bits per heavy atom. The molecular weight excluding hydrogens is 298 g/mol. The van der Waals surface area contributed by atoms with E-state index in [1.54, 1.807) is 0 Å². The van der Waals surface area contributed by atoms with Crippen LogP contribution in [-0.2, 0) is 6.54 Å². The first-order valence-corrected chi connectivity index (χ1v) is 9.72. The maximum absolute atomic E-state index is 12.9. The molecule has 132 valence electrons. The van der Waals surface area contributed by atoms with E-state index >= 15 is 0 Å². The molecule has 2 aliphatic rings. The van der Waals surface area contributed by atoms with Crippen molar-refractivity contribution in [3.8, 4) is 0 Å². The lowest BCUT2D eigenvalue weighted by Gasteiger charge is -2.32. The quantitative estimate of drug-likeness (QED) is 0.856. The van der Waals surface area contributed by atoms with Crippen molar-refractivity contribution < 1.29 is 10.1 Å². The third-order valence-corrected chi connectivity index (χ3v) is 5.47. The molecule has 0 unspecified atom stereocenters. The van der Waals surface area contributed by atoms with Gasteiger partial charge in [0, 0.05) is 32.0 Å². The van der Waals surface area contributed by atoms with Crippen molar-refractivity contribution in [3.63, 3.8) is 0 Å². The number of hydrogen-bond donors (Lipinski definition) is 2. The van der Waals surface area contributed by atoms with E-state index in [-0.39, 0.29) is 6.03 Å². The number of piperidine rings is 1. The molecule has 4 nitrogen and oxygen atoms in total. The van der Waals surface area contributed by atoms with Gasteiger partial charge in [0.1, 0.15) is 0 Å². The van der Waals surface area contributed by atoms with E-state index in [0.29, 0.717) is 12.0 Å². The van der Waals surface area contributed by atoms with Gasteiger partial charge in [-0.15, -0.1) is 0 Å². The molecule has 2 fully saturated rings. The number of nitrogens with two attached hydrogens (primary N) is 1. The van der Waals surface area contributed by atoms with Crippen LogP contribution in [0.25, 0.3) is 0 Å². The maximum atomic E-state index is 12.9. The van der Waals surface area contributed by atoms with Crippen LogP contribution in [0.4, 0.5) is 4.79 Å². The first-order chi connectivity index (χ1) is 11.8. The van der Waals surface area contributed by atoms with E-state index in [9.17, 15) is 4.79 Å². The first-order valence-electron chi connectivity index (χ1n) is 9.72. The molecule has 0 bridgehead atoms. The van der Waals surface area contributed by atoms with E-state index in [4.69, 9.17) is 0 Å². The Morgan fingerprint density at radius 2 is 1.75 bits per heavy atom. The van der Waals surface area contributed by atoms with Gasteiger partial charge < -0.3 is 15.5 Å². The summed E-state index contributed by atoms with van der Waals surface area (Å²) in [6, 6.07) is 10.9. The first kappa shape index (κ1) is 17.3. The number of urea groups is 1. The minimum Gasteiger partial charge on any atom is -0.346 e. The highest BCUT2D eigenvalue weighted by atomic mass is 16.2. The molecule has 0 spiro atoms. The number of amides is 2. The van der Waals surface area contributed by atoms with Crippen molar-refractivity contribution in [2.24, 2.45) is 5.92 Å². The van der Waals surface area contributed by atoms with E-state index in [0.717, 1.165) is 25.9 Å². The summed E-state index contributed by atoms with van der Waals surface area (Å²) in [5, 5.41) is 5.70. The number of quaternary nitrogens is 1. The second kappa shape index (κ2) is 9.07. The maximum Gasteiger partial charge on any atom is 0.317 e. The average molecular weight is 330 g/mol. The van der Waals surface area contributed by atoms with Crippen molar-refractivity contribution in [2.45, 2.75) is 57.5 Å². The molecule has 2 amide bonds. The minimum atomic E-state index is 0.139. The molecular formula is C20H32N3O+. The second-order valence-corrected chi connectivity index (χ2v) is 7.46. The molecule has 4 heteroatoms. The highest BCUT2D eigenvalue weighted by Gasteiger charge is 2.24. The molecule has 1 saturated carbocycles. The van der Waals surface area contributed by atoms with Gasteiger partial charge in [0.25, 0.3) is 0 Å². The van der Waals surface area contributed by atoms with Crippen molar-refractivity contribution in [1.82, 2.24) is 10.2 Å². The molecule has 1 aliphatic heterocycles. The molecule has 1 saturated heterocycles. The van der Waals surface area contributed by atoms with Crippen LogP contribution in [-0.4, -0.2) is 36.6 Å². The summed E-state index contributed by atoms with van der Waals surface area (Å²) < 4.78 is 0. The van der Waals surface area contributed by atoms with Crippen molar-refractivity contribution in [3.05, 3.63) is 35.9 Å². The lowest BCUT2D eigenvalue weighted by Crippen LogP contribution is -2.86. The predicted molar refractivity (Wildman–Crippen MR) is 96.6 cm³/mol. The van der Waals surface area contributed by atoms with Crippen LogP contribution in [0.3, 0.4) is 0 Å². The Hall–Kier alpha value is -1.55. The average Bonchev–Trinajstić information content (AvgIpc) is 2.64. The topological polar surface area (TPSA) is 49.0 Å². The fourth-order valence-corrected chi connectivity index (χ4v) is 4.03. The molecule has 1 aliphatic carbocycles. The highest BCUT2D eigenvalue weighted by molar-refractivity contribution is 5.74. The van der Waals surface area contributed by atoms with Crippen molar-refractivity contribution in [2.75, 3.05) is 19.6 Å². The van der Waals surface area contributed by atoms with Crippen LogP contribution < -0.4 is 10.6 Å². The largest absolute Gasteiger partial charge is 0.346 e. The van der Waals surface area contributed by atoms with Crippen LogP contribution in [0, 0.1) is 5.92 Å². The van der Waals surface area contributed by atoms with Gasteiger partial charge in [-0.25, -0.2) is 4.79 Å². The van der Waals surface area contributed by atoms with Gasteiger partial charge in [0.15, 0.2) is 0 Å². The third kappa shape index (κ3) is 5.23. The molecule has 0 aromatic heterocycles. The van der Waals surface area contributed by atoms with Gasteiger partial charge in [-0.1, -0.05) is 49.6 Å². The Labute approximate surface area is 146 Å². The van der Waals surface area contributed by atoms with Gasteiger partial charge in [-0.05, 0) is 24.3 Å². The number of carbonyl (C=O) groups is 1. The van der Waals surface area contributed by atoms with Crippen molar-refractivity contribution >= 4 is 6.03 Å². The Bertz CT molecular complexity index is 493. The van der Waals surface area contributed by atoms with Crippen LogP contribution in [0.2, 0.25) is 0 Å². The highest BCUT2D eigenvalue weighted by Crippen LogP contribution is 2.19. The number of rotatable bonds is 5. The van der Waals surface area contributed by atoms with Gasteiger partial charge in [0.2, 0.25) is 0 Å². The summed E-state index contributed by atoms with van der Waals surface area (Å²) in [5.74, 6) is 0.649. The SMILES string of the molecule is O=C(NC1CCCCC1)N(Cc1ccccc1)CC1CC[NH2+]CC1. The van der Waals surface area contributed by atoms with Gasteiger partial charge in [-0.2, -0.15) is 0 Å². The van der Waals surface area contributed by atoms with Gasteiger partial charge in [0.05, 0.1) is 13.1 Å². The van der Waals surface area contributed by atoms with E-state index < -0.39 is 0 Å². The monoisotopic (exact) mass is 330 g/mol. The van der Waals surface area contributed by atoms with Crippen LogP contribution >= 0.6 is 0 Å². The standard InChI is InChI=1S/C20H31N3O/c24-20(22-19-9-5-2-6-10-19)23(15-17-7-3-1-4-8-17)16-18-11-13-21-14-12-18/h1,3-4,7-8,18-19,21H,2,5-6,9-16H2,(H,22,24)/p+1. The van der Waals surface area contributed by atoms with Crippen molar-refractivity contribution in [1.29, 1.82) is 0 Å². The Balaban J connectivity index is 1.61. The number of nitrogens with one attached hydrogen (secondary N) is 1. The number of carbonyl (C=O) groups excluding carboxylic acids is 1. The second-order valence-electron chi connectivity index (χ2n) is 7.46. The van der Waals surface area contributed by atoms with E-state index in [1.807, 2.05) is 6.07 Å². The molecule has 1 aromatic carbocycles. The van der Waals surface area contributed by atoms with Gasteiger partial charge in [-0.3, -0.25) is 0 Å². The molecule has 1 heterocycles. The lowest BCUT2D eigenvalue weighted by atomic mass is 9.95. The summed E-state index contributed by atoms with van der Waals surface area (Å²) in [7, 11) is 0. The summed E-state index contributed by atoms with van der Waals surface area (Å²) in [4.78, 5) is 15.0.